The molecule has 2 aromatic carbocycles. The van der Waals surface area contributed by atoms with Crippen molar-refractivity contribution < 1.29 is 4.74 Å². The molecule has 6 nitrogen and oxygen atoms in total. The minimum absolute atomic E-state index is 0.234. The van der Waals surface area contributed by atoms with Crippen LogP contribution < -0.4 is 10.3 Å². The first-order valence-electron chi connectivity index (χ1n) is 7.90. The molecule has 0 fully saturated rings. The number of para-hydroxylation sites is 1. The zero-order valence-electron chi connectivity index (χ0n) is 13.9. The number of nitrogens with one attached hydrogen (secondary N) is 1. The molecule has 0 saturated carbocycles. The van der Waals surface area contributed by atoms with E-state index < -0.39 is 0 Å². The smallest absolute Gasteiger partial charge is 0.260 e. The number of aromatic nitrogens is 4. The number of fused-ring (bicyclic) bond motifs is 1. The van der Waals surface area contributed by atoms with Crippen molar-refractivity contribution in [2.24, 2.45) is 0 Å². The number of nitrogens with zero attached hydrogens (tertiary/aromatic N) is 3. The minimum Gasteiger partial charge on any atom is -0.457 e. The maximum atomic E-state index is 12.4. The molecule has 0 radical (unpaired) electrons. The van der Waals surface area contributed by atoms with Crippen LogP contribution in [0.15, 0.2) is 59.7 Å². The summed E-state index contributed by atoms with van der Waals surface area (Å²) in [4.78, 5) is 19.6. The summed E-state index contributed by atoms with van der Waals surface area (Å²) in [7, 11) is 0. The molecule has 0 bridgehead atoms. The van der Waals surface area contributed by atoms with Crippen LogP contribution >= 0.6 is 0 Å². The lowest BCUT2D eigenvalue weighted by Crippen LogP contribution is -2.13. The molecule has 0 amide bonds. The monoisotopic (exact) mass is 332 g/mol. The number of ether oxygens (including phenoxy) is 1. The van der Waals surface area contributed by atoms with Gasteiger partial charge >= 0.3 is 0 Å². The van der Waals surface area contributed by atoms with Crippen LogP contribution in [0.5, 0.6) is 11.5 Å². The fraction of sp³-hybridized carbons (Fsp3) is 0.105. The lowest BCUT2D eigenvalue weighted by molar-refractivity contribution is 0.476. The Bertz CT molecular complexity index is 1090. The molecular weight excluding hydrogens is 316 g/mol. The Kier molecular flexibility index (Phi) is 3.57. The number of rotatable bonds is 3. The summed E-state index contributed by atoms with van der Waals surface area (Å²) in [6.45, 7) is 3.99. The second-order valence-corrected chi connectivity index (χ2v) is 5.84. The molecule has 2 heterocycles. The van der Waals surface area contributed by atoms with Crippen LogP contribution in [0.3, 0.4) is 0 Å². The first kappa shape index (κ1) is 15.1. The summed E-state index contributed by atoms with van der Waals surface area (Å²) in [6.07, 6.45) is 3.36. The van der Waals surface area contributed by atoms with E-state index in [1.54, 1.807) is 30.6 Å². The van der Waals surface area contributed by atoms with Gasteiger partial charge < -0.3 is 4.74 Å². The van der Waals surface area contributed by atoms with Gasteiger partial charge in [-0.3, -0.25) is 9.78 Å². The van der Waals surface area contributed by atoms with E-state index in [2.05, 4.69) is 15.1 Å². The molecule has 0 unspecified atom stereocenters. The van der Waals surface area contributed by atoms with Gasteiger partial charge in [-0.25, -0.2) is 9.67 Å². The van der Waals surface area contributed by atoms with E-state index in [0.29, 0.717) is 22.6 Å². The molecule has 0 spiro atoms. The van der Waals surface area contributed by atoms with Gasteiger partial charge in [0, 0.05) is 12.4 Å². The number of aryl methyl sites for hydroxylation is 2. The average Bonchev–Trinajstić information content (AvgIpc) is 3.13. The Morgan fingerprint density at radius 2 is 1.88 bits per heavy atom. The van der Waals surface area contributed by atoms with Crippen molar-refractivity contribution in [3.63, 3.8) is 0 Å². The molecule has 6 heteroatoms. The third-order valence-electron chi connectivity index (χ3n) is 4.01. The van der Waals surface area contributed by atoms with Crippen LogP contribution in [0.4, 0.5) is 0 Å². The number of aromatic amines is 1. The molecule has 0 aliphatic rings. The van der Waals surface area contributed by atoms with E-state index in [9.17, 15) is 4.79 Å². The van der Waals surface area contributed by atoms with E-state index in [1.165, 1.54) is 4.68 Å². The highest BCUT2D eigenvalue weighted by Gasteiger charge is 2.09. The van der Waals surface area contributed by atoms with Crippen molar-refractivity contribution in [2.45, 2.75) is 13.8 Å². The molecule has 0 aliphatic heterocycles. The SMILES string of the molecule is Cc1cccc(C)c1Oc1ccc2nc(-n3cccn3)[nH]c(=O)c2c1. The highest BCUT2D eigenvalue weighted by Crippen LogP contribution is 2.29. The molecule has 0 atom stereocenters. The van der Waals surface area contributed by atoms with Crippen molar-refractivity contribution in [1.29, 1.82) is 0 Å². The number of H-pyrrole nitrogens is 1. The normalized spacial score (nSPS) is 11.0. The maximum Gasteiger partial charge on any atom is 0.260 e. The largest absolute Gasteiger partial charge is 0.457 e. The summed E-state index contributed by atoms with van der Waals surface area (Å²) in [5.74, 6) is 1.79. The van der Waals surface area contributed by atoms with Crippen LogP contribution in [0.2, 0.25) is 0 Å². The third kappa shape index (κ3) is 2.78. The second kappa shape index (κ2) is 5.90. The lowest BCUT2D eigenvalue weighted by Gasteiger charge is -2.12. The van der Waals surface area contributed by atoms with Crippen LogP contribution in [-0.2, 0) is 0 Å². The summed E-state index contributed by atoms with van der Waals surface area (Å²) < 4.78 is 7.52. The molecular formula is C19H16N4O2. The molecule has 25 heavy (non-hydrogen) atoms. The van der Waals surface area contributed by atoms with Gasteiger partial charge in [-0.2, -0.15) is 5.10 Å². The predicted octanol–water partition coefficient (Wildman–Crippen LogP) is 3.52. The van der Waals surface area contributed by atoms with Crippen LogP contribution in [-0.4, -0.2) is 19.7 Å². The van der Waals surface area contributed by atoms with Gasteiger partial charge in [0.2, 0.25) is 5.95 Å². The van der Waals surface area contributed by atoms with Gasteiger partial charge in [0.1, 0.15) is 11.5 Å². The van der Waals surface area contributed by atoms with Crippen LogP contribution in [0, 0.1) is 13.8 Å². The van der Waals surface area contributed by atoms with Crippen LogP contribution in [0.25, 0.3) is 16.9 Å². The molecule has 4 aromatic rings. The topological polar surface area (TPSA) is 72.8 Å². The quantitative estimate of drug-likeness (QED) is 0.623. The molecule has 4 rings (SSSR count). The van der Waals surface area contributed by atoms with Crippen molar-refractivity contribution in [1.82, 2.24) is 19.7 Å². The Hall–Kier alpha value is -3.41. The summed E-state index contributed by atoms with van der Waals surface area (Å²) >= 11 is 0. The number of hydrogen-bond acceptors (Lipinski definition) is 4. The van der Waals surface area contributed by atoms with E-state index in [4.69, 9.17) is 4.74 Å². The predicted molar refractivity (Wildman–Crippen MR) is 95.5 cm³/mol. The fourth-order valence-corrected chi connectivity index (χ4v) is 2.75. The summed E-state index contributed by atoms with van der Waals surface area (Å²) in [6, 6.07) is 13.0. The van der Waals surface area contributed by atoms with Gasteiger partial charge in [-0.15, -0.1) is 0 Å². The van der Waals surface area contributed by atoms with Gasteiger partial charge in [0.15, 0.2) is 0 Å². The zero-order valence-corrected chi connectivity index (χ0v) is 13.9. The van der Waals surface area contributed by atoms with Gasteiger partial charge in [-0.05, 0) is 49.2 Å². The molecule has 2 aromatic heterocycles. The Morgan fingerprint density at radius 1 is 1.08 bits per heavy atom. The number of hydrogen-bond donors (Lipinski definition) is 1. The summed E-state index contributed by atoms with van der Waals surface area (Å²) in [5, 5.41) is 4.56. The second-order valence-electron chi connectivity index (χ2n) is 5.84. The molecule has 1 N–H and O–H groups in total. The van der Waals surface area contributed by atoms with E-state index in [-0.39, 0.29) is 5.56 Å². The van der Waals surface area contributed by atoms with Gasteiger partial charge in [-0.1, -0.05) is 18.2 Å². The first-order chi connectivity index (χ1) is 12.1. The lowest BCUT2D eigenvalue weighted by atomic mass is 10.1. The minimum atomic E-state index is -0.234. The average molecular weight is 332 g/mol. The highest BCUT2D eigenvalue weighted by molar-refractivity contribution is 5.79. The maximum absolute atomic E-state index is 12.4. The standard InChI is InChI=1S/C19H16N4O2/c1-12-5-3-6-13(2)17(12)25-14-7-8-16-15(11-14)18(24)22-19(21-16)23-10-4-9-20-23/h3-11H,1-2H3,(H,21,22,24). The number of benzene rings is 2. The van der Waals surface area contributed by atoms with E-state index in [1.807, 2.05) is 38.1 Å². The zero-order chi connectivity index (χ0) is 17.4. The van der Waals surface area contributed by atoms with Crippen molar-refractivity contribution in [3.8, 4) is 17.4 Å². The Balaban J connectivity index is 1.77. The fourth-order valence-electron chi connectivity index (χ4n) is 2.75. The first-order valence-corrected chi connectivity index (χ1v) is 7.90. The van der Waals surface area contributed by atoms with E-state index >= 15 is 0 Å². The molecule has 0 aliphatic carbocycles. The van der Waals surface area contributed by atoms with Crippen molar-refractivity contribution in [3.05, 3.63) is 76.3 Å². The highest BCUT2D eigenvalue weighted by atomic mass is 16.5. The summed E-state index contributed by atoms with van der Waals surface area (Å²) in [5.41, 5.74) is 2.44. The van der Waals surface area contributed by atoms with Crippen molar-refractivity contribution in [2.75, 3.05) is 0 Å². The van der Waals surface area contributed by atoms with Crippen LogP contribution in [0.1, 0.15) is 11.1 Å². The van der Waals surface area contributed by atoms with E-state index in [0.717, 1.165) is 16.9 Å². The van der Waals surface area contributed by atoms with Gasteiger partial charge in [0.05, 0.1) is 10.9 Å². The third-order valence-corrected chi connectivity index (χ3v) is 4.01. The van der Waals surface area contributed by atoms with Gasteiger partial charge in [0.25, 0.3) is 5.56 Å². The Labute approximate surface area is 143 Å². The molecule has 0 saturated heterocycles. The van der Waals surface area contributed by atoms with Crippen molar-refractivity contribution >= 4 is 10.9 Å². The Morgan fingerprint density at radius 3 is 2.60 bits per heavy atom. The molecule has 124 valence electrons.